The molecule has 3 aliphatic carbocycles. The molecule has 2 atom stereocenters. The Hall–Kier alpha value is -1.10. The van der Waals surface area contributed by atoms with E-state index in [1.807, 2.05) is 0 Å². The summed E-state index contributed by atoms with van der Waals surface area (Å²) in [6.45, 7) is 8.15. The van der Waals surface area contributed by atoms with Crippen LogP contribution in [0.5, 0.6) is 0 Å². The van der Waals surface area contributed by atoms with Crippen LogP contribution in [0.3, 0.4) is 0 Å². The largest absolute Gasteiger partial charge is 0.357 e. The van der Waals surface area contributed by atoms with Crippen molar-refractivity contribution in [3.8, 4) is 0 Å². The van der Waals surface area contributed by atoms with Crippen molar-refractivity contribution in [2.45, 2.75) is 76.8 Å². The van der Waals surface area contributed by atoms with E-state index >= 15 is 0 Å². The van der Waals surface area contributed by atoms with Gasteiger partial charge in [0.1, 0.15) is 0 Å². The smallest absolute Gasteiger partial charge is 0.225 e. The first-order valence-electron chi connectivity index (χ1n) is 13.0. The van der Waals surface area contributed by atoms with E-state index in [2.05, 4.69) is 32.7 Å². The highest BCUT2D eigenvalue weighted by Gasteiger charge is 2.32. The van der Waals surface area contributed by atoms with Gasteiger partial charge in [0.15, 0.2) is 5.96 Å². The Kier molecular flexibility index (Phi) is 10.5. The number of carbonyl (C=O) groups excluding carboxylic acids is 2. The van der Waals surface area contributed by atoms with E-state index in [-0.39, 0.29) is 35.8 Å². The van der Waals surface area contributed by atoms with Gasteiger partial charge in [-0.05, 0) is 51.9 Å². The maximum atomic E-state index is 12.5. The molecule has 2 unspecified atom stereocenters. The van der Waals surface area contributed by atoms with Crippen molar-refractivity contribution in [1.82, 2.24) is 25.8 Å². The minimum absolute atomic E-state index is 0. The van der Waals surface area contributed by atoms with Gasteiger partial charge in [0.25, 0.3) is 0 Å². The zero-order valence-corrected chi connectivity index (χ0v) is 22.5. The Morgan fingerprint density at radius 3 is 2.21 bits per heavy atom. The molecule has 1 heterocycles. The molecule has 33 heavy (non-hydrogen) atoms. The van der Waals surface area contributed by atoms with Crippen molar-refractivity contribution >= 4 is 41.8 Å². The van der Waals surface area contributed by atoms with Crippen LogP contribution in [0.15, 0.2) is 4.99 Å². The van der Waals surface area contributed by atoms with Crippen LogP contribution < -0.4 is 16.0 Å². The number of halogens is 1. The fourth-order valence-electron chi connectivity index (χ4n) is 5.03. The second-order valence-corrected chi connectivity index (χ2v) is 10.0. The van der Waals surface area contributed by atoms with Crippen LogP contribution in [-0.4, -0.2) is 85.5 Å². The molecule has 3 N–H and O–H groups in total. The lowest BCUT2D eigenvalue weighted by Gasteiger charge is -2.38. The Labute approximate surface area is 216 Å². The van der Waals surface area contributed by atoms with Crippen molar-refractivity contribution in [3.63, 3.8) is 0 Å². The average molecular weight is 575 g/mol. The van der Waals surface area contributed by atoms with E-state index in [1.54, 1.807) is 0 Å². The zero-order chi connectivity index (χ0) is 22.3. The molecule has 0 aromatic heterocycles. The Morgan fingerprint density at radius 2 is 1.58 bits per heavy atom. The number of hydrogen-bond acceptors (Lipinski definition) is 4. The zero-order valence-electron chi connectivity index (χ0n) is 20.2. The quantitative estimate of drug-likeness (QED) is 0.234. The van der Waals surface area contributed by atoms with E-state index in [0.29, 0.717) is 23.9 Å². The monoisotopic (exact) mass is 574 g/mol. The van der Waals surface area contributed by atoms with Gasteiger partial charge in [-0.1, -0.05) is 12.8 Å². The lowest BCUT2D eigenvalue weighted by Crippen LogP contribution is -2.51. The van der Waals surface area contributed by atoms with Crippen LogP contribution in [0.2, 0.25) is 0 Å². The summed E-state index contributed by atoms with van der Waals surface area (Å²) in [5.41, 5.74) is 0. The topological polar surface area (TPSA) is 89.1 Å². The van der Waals surface area contributed by atoms with E-state index in [0.717, 1.165) is 103 Å². The van der Waals surface area contributed by atoms with Crippen LogP contribution in [0, 0.1) is 11.8 Å². The molecule has 1 saturated heterocycles. The second-order valence-electron chi connectivity index (χ2n) is 10.0. The number of nitrogens with zero attached hydrogens (tertiary/aromatic N) is 3. The second kappa shape index (κ2) is 13.1. The number of rotatable bonds is 8. The molecule has 0 bridgehead atoms. The lowest BCUT2D eigenvalue weighted by atomic mass is 9.84. The minimum atomic E-state index is 0. The average Bonchev–Trinajstić information content (AvgIpc) is 3.57. The molecule has 8 nitrogen and oxygen atoms in total. The summed E-state index contributed by atoms with van der Waals surface area (Å²) in [5, 5.41) is 10.1. The van der Waals surface area contributed by atoms with Crippen molar-refractivity contribution in [1.29, 1.82) is 0 Å². The van der Waals surface area contributed by atoms with Crippen LogP contribution in [0.1, 0.15) is 64.7 Å². The fraction of sp³-hybridized carbons (Fsp3) is 0.875. The lowest BCUT2D eigenvalue weighted by molar-refractivity contribution is -0.139. The first-order valence-corrected chi connectivity index (χ1v) is 13.0. The molecule has 4 rings (SSSR count). The fourth-order valence-corrected chi connectivity index (χ4v) is 5.03. The summed E-state index contributed by atoms with van der Waals surface area (Å²) in [7, 11) is 0. The highest BCUT2D eigenvalue weighted by Crippen LogP contribution is 2.29. The van der Waals surface area contributed by atoms with Gasteiger partial charge in [0.2, 0.25) is 11.8 Å². The van der Waals surface area contributed by atoms with Gasteiger partial charge in [0, 0.05) is 63.2 Å². The predicted molar refractivity (Wildman–Crippen MR) is 142 cm³/mol. The molecule has 3 saturated carbocycles. The highest BCUT2D eigenvalue weighted by molar-refractivity contribution is 14.0. The number of hydrogen-bond donors (Lipinski definition) is 3. The van der Waals surface area contributed by atoms with Gasteiger partial charge in [-0.3, -0.25) is 19.5 Å². The van der Waals surface area contributed by atoms with Crippen molar-refractivity contribution in [2.75, 3.05) is 45.8 Å². The number of piperazine rings is 1. The van der Waals surface area contributed by atoms with Crippen molar-refractivity contribution < 1.29 is 9.59 Å². The van der Waals surface area contributed by atoms with Crippen LogP contribution in [-0.2, 0) is 9.59 Å². The molecule has 0 aromatic carbocycles. The molecular formula is C24H43IN6O2. The molecule has 4 aliphatic rings. The molecule has 2 amide bonds. The number of nitrogens with one attached hydrogen (secondary N) is 3. The summed E-state index contributed by atoms with van der Waals surface area (Å²) >= 11 is 0. The molecule has 0 radical (unpaired) electrons. The van der Waals surface area contributed by atoms with Gasteiger partial charge in [-0.15, -0.1) is 24.0 Å². The van der Waals surface area contributed by atoms with Gasteiger partial charge < -0.3 is 20.9 Å². The summed E-state index contributed by atoms with van der Waals surface area (Å²) in [6.07, 6.45) is 9.73. The maximum absolute atomic E-state index is 12.5. The number of amides is 2. The molecular weight excluding hydrogens is 531 g/mol. The van der Waals surface area contributed by atoms with Gasteiger partial charge >= 0.3 is 0 Å². The maximum Gasteiger partial charge on any atom is 0.225 e. The van der Waals surface area contributed by atoms with E-state index in [1.165, 1.54) is 6.42 Å². The number of guanidine groups is 1. The van der Waals surface area contributed by atoms with Crippen LogP contribution in [0.4, 0.5) is 0 Å². The Balaban J connectivity index is 0.00000306. The van der Waals surface area contributed by atoms with E-state index in [9.17, 15) is 9.59 Å². The van der Waals surface area contributed by atoms with Gasteiger partial charge in [-0.2, -0.15) is 0 Å². The van der Waals surface area contributed by atoms with E-state index in [4.69, 9.17) is 4.99 Å². The third kappa shape index (κ3) is 7.97. The summed E-state index contributed by atoms with van der Waals surface area (Å²) in [6, 6.07) is 0.741. The minimum Gasteiger partial charge on any atom is -0.357 e. The standard InChI is InChI=1S/C24H42N6O2.HI/c1-2-25-24(28-21-8-4-7-19(17-21)22(31)27-20-9-10-20)26-11-12-29-13-15-30(16-14-29)23(32)18-5-3-6-18;/h18-21H,2-17H2,1H3,(H,27,31)(H2,25,26,28);1H. The van der Waals surface area contributed by atoms with Crippen molar-refractivity contribution in [3.05, 3.63) is 0 Å². The highest BCUT2D eigenvalue weighted by atomic mass is 127. The molecule has 188 valence electrons. The predicted octanol–water partition coefficient (Wildman–Crippen LogP) is 1.94. The SMILES string of the molecule is CCNC(=NCCN1CCN(C(=O)C2CCC2)CC1)NC1CCCC(C(=O)NC2CC2)C1.I. The first-order chi connectivity index (χ1) is 15.6. The molecule has 0 aromatic rings. The molecule has 9 heteroatoms. The molecule has 0 spiro atoms. The third-order valence-electron chi connectivity index (χ3n) is 7.48. The Bertz CT molecular complexity index is 674. The third-order valence-corrected chi connectivity index (χ3v) is 7.48. The van der Waals surface area contributed by atoms with Gasteiger partial charge in [-0.25, -0.2) is 0 Å². The van der Waals surface area contributed by atoms with Crippen LogP contribution in [0.25, 0.3) is 0 Å². The van der Waals surface area contributed by atoms with Crippen molar-refractivity contribution in [2.24, 2.45) is 16.8 Å². The number of aliphatic imine (C=N–C) groups is 1. The summed E-state index contributed by atoms with van der Waals surface area (Å²) in [5.74, 6) is 1.92. The summed E-state index contributed by atoms with van der Waals surface area (Å²) in [4.78, 5) is 34.2. The summed E-state index contributed by atoms with van der Waals surface area (Å²) < 4.78 is 0. The van der Waals surface area contributed by atoms with E-state index < -0.39 is 0 Å². The van der Waals surface area contributed by atoms with Gasteiger partial charge in [0.05, 0.1) is 6.54 Å². The first kappa shape index (κ1) is 26.5. The molecule has 4 fully saturated rings. The number of carbonyl (C=O) groups is 2. The Morgan fingerprint density at radius 1 is 0.879 bits per heavy atom. The van der Waals surface area contributed by atoms with Crippen LogP contribution >= 0.6 is 24.0 Å². The normalized spacial score (nSPS) is 26.7. The molecule has 1 aliphatic heterocycles.